The van der Waals surface area contributed by atoms with Crippen molar-refractivity contribution in [2.75, 3.05) is 5.75 Å². The third-order valence-electron chi connectivity index (χ3n) is 4.98. The lowest BCUT2D eigenvalue weighted by Gasteiger charge is -2.39. The van der Waals surface area contributed by atoms with Crippen molar-refractivity contribution in [3.63, 3.8) is 0 Å². The van der Waals surface area contributed by atoms with E-state index in [1.807, 2.05) is 58.9 Å². The zero-order valence-corrected chi connectivity index (χ0v) is 22.7. The summed E-state index contributed by atoms with van der Waals surface area (Å²) in [6, 6.07) is 5.20. The average Bonchev–Trinajstić information content (AvgIpc) is 2.72. The summed E-state index contributed by atoms with van der Waals surface area (Å²) in [6.45, 7) is 18.5. The zero-order chi connectivity index (χ0) is 26.3. The number of amides is 3. The van der Waals surface area contributed by atoms with Gasteiger partial charge in [-0.05, 0) is 72.1 Å². The number of carbonyl (C=O) groups is 3. The number of benzene rings is 1. The van der Waals surface area contributed by atoms with Crippen LogP contribution in [0.15, 0.2) is 30.8 Å². The van der Waals surface area contributed by atoms with Crippen molar-refractivity contribution in [2.45, 2.75) is 91.1 Å². The lowest BCUT2D eigenvalue weighted by Crippen LogP contribution is -2.57. The molecule has 0 saturated heterocycles. The van der Waals surface area contributed by atoms with E-state index < -0.39 is 35.2 Å². The highest BCUT2D eigenvalue weighted by atomic mass is 32.1. The van der Waals surface area contributed by atoms with Crippen molar-refractivity contribution in [3.8, 4) is 0 Å². The van der Waals surface area contributed by atoms with Crippen molar-refractivity contribution >= 4 is 36.6 Å². The number of hydrogen-bond donors (Lipinski definition) is 3. The van der Waals surface area contributed by atoms with Gasteiger partial charge in [-0.2, -0.15) is 12.6 Å². The number of rotatable bonds is 9. The fourth-order valence-corrected chi connectivity index (χ4v) is 3.59. The quantitative estimate of drug-likeness (QED) is 0.436. The predicted octanol–water partition coefficient (Wildman–Crippen LogP) is 4.74. The number of thiol groups is 1. The Bertz CT molecular complexity index is 874. The molecule has 0 bridgehead atoms. The van der Waals surface area contributed by atoms with Crippen LogP contribution >= 0.6 is 12.6 Å². The van der Waals surface area contributed by atoms with E-state index in [9.17, 15) is 14.4 Å². The molecule has 8 heteroatoms. The van der Waals surface area contributed by atoms with Crippen molar-refractivity contribution in [3.05, 3.63) is 42.0 Å². The molecule has 7 nitrogen and oxygen atoms in total. The molecule has 3 atom stereocenters. The van der Waals surface area contributed by atoms with Crippen LogP contribution in [0.25, 0.3) is 6.08 Å². The third-order valence-corrected chi connectivity index (χ3v) is 5.34. The van der Waals surface area contributed by atoms with Crippen molar-refractivity contribution < 1.29 is 19.1 Å². The summed E-state index contributed by atoms with van der Waals surface area (Å²) in [5.41, 5.74) is 0.265. The Labute approximate surface area is 210 Å². The summed E-state index contributed by atoms with van der Waals surface area (Å²) in [4.78, 5) is 41.4. The molecule has 190 valence electrons. The Morgan fingerprint density at radius 3 is 2.26 bits per heavy atom. The number of carbonyl (C=O) groups excluding carboxylic acids is 3. The highest BCUT2D eigenvalue weighted by molar-refractivity contribution is 7.80. The van der Waals surface area contributed by atoms with Crippen LogP contribution in [-0.2, 0) is 14.3 Å². The van der Waals surface area contributed by atoms with E-state index >= 15 is 0 Å². The summed E-state index contributed by atoms with van der Waals surface area (Å²) >= 11 is 4.31. The molecule has 0 fully saturated rings. The van der Waals surface area contributed by atoms with Gasteiger partial charge in [0.1, 0.15) is 17.7 Å². The highest BCUT2D eigenvalue weighted by Gasteiger charge is 2.39. The normalized spacial score (nSPS) is 14.4. The Balaban J connectivity index is 3.52. The maximum absolute atomic E-state index is 13.8. The monoisotopic (exact) mass is 491 g/mol. The molecule has 0 aliphatic carbocycles. The van der Waals surface area contributed by atoms with Gasteiger partial charge >= 0.3 is 6.09 Å². The molecule has 0 aliphatic rings. The van der Waals surface area contributed by atoms with Gasteiger partial charge in [0.05, 0.1) is 0 Å². The van der Waals surface area contributed by atoms with Crippen LogP contribution in [0.3, 0.4) is 0 Å². The first kappa shape index (κ1) is 29.6. The second-order valence-corrected chi connectivity index (χ2v) is 10.8. The van der Waals surface area contributed by atoms with E-state index in [0.29, 0.717) is 12.0 Å². The molecular formula is C26H41N3O4S. The minimum absolute atomic E-state index is 0.0469. The number of ether oxygens (including phenoxy) is 1. The Morgan fingerprint density at radius 1 is 1.18 bits per heavy atom. The lowest BCUT2D eigenvalue weighted by atomic mass is 9.97. The summed E-state index contributed by atoms with van der Waals surface area (Å²) in [6.07, 6.45) is 1.59. The topological polar surface area (TPSA) is 87.7 Å². The molecule has 34 heavy (non-hydrogen) atoms. The van der Waals surface area contributed by atoms with Crippen molar-refractivity contribution in [2.24, 2.45) is 0 Å². The molecule has 1 aromatic carbocycles. The van der Waals surface area contributed by atoms with Crippen LogP contribution < -0.4 is 10.6 Å². The lowest BCUT2D eigenvalue weighted by molar-refractivity contribution is -0.145. The minimum atomic E-state index is -0.972. The van der Waals surface area contributed by atoms with Crippen molar-refractivity contribution in [1.82, 2.24) is 15.5 Å². The van der Waals surface area contributed by atoms with E-state index in [2.05, 4.69) is 29.8 Å². The van der Waals surface area contributed by atoms with Gasteiger partial charge in [-0.3, -0.25) is 9.59 Å². The summed E-state index contributed by atoms with van der Waals surface area (Å²) < 4.78 is 5.33. The maximum atomic E-state index is 13.8. The average molecular weight is 492 g/mol. The molecule has 0 aromatic heterocycles. The Kier molecular flexibility index (Phi) is 10.7. The maximum Gasteiger partial charge on any atom is 0.408 e. The molecule has 3 unspecified atom stereocenters. The SMILES string of the molecule is C=Cc1cccc(C(C(=O)NC(C)(C)C)N(C(=O)C(CS)NC(=O)OC(C)(C)C)C(C)CC)c1. The summed E-state index contributed by atoms with van der Waals surface area (Å²) in [7, 11) is 0. The standard InChI is InChI=1S/C26H41N3O4S/c1-10-17(3)29(23(31)20(16-34)27-24(32)33-26(7,8)9)21(22(30)28-25(4,5)6)19-14-12-13-18(11-2)15-19/h11-15,17,20-21,34H,2,10,16H2,1,3-9H3,(H,27,32)(H,28,30). The molecule has 3 amide bonds. The second-order valence-electron chi connectivity index (χ2n) is 10.4. The van der Waals surface area contributed by atoms with Crippen LogP contribution in [0, 0.1) is 0 Å². The van der Waals surface area contributed by atoms with Gasteiger partial charge in [-0.15, -0.1) is 0 Å². The van der Waals surface area contributed by atoms with Crippen LogP contribution in [0.2, 0.25) is 0 Å². The fourth-order valence-electron chi connectivity index (χ4n) is 3.34. The zero-order valence-electron chi connectivity index (χ0n) is 21.8. The van der Waals surface area contributed by atoms with E-state index in [1.165, 1.54) is 0 Å². The van der Waals surface area contributed by atoms with Gasteiger partial charge in [0, 0.05) is 17.3 Å². The number of alkyl carbamates (subject to hydrolysis) is 1. The Morgan fingerprint density at radius 2 is 1.79 bits per heavy atom. The molecule has 0 saturated carbocycles. The van der Waals surface area contributed by atoms with Gasteiger partial charge in [-0.25, -0.2) is 4.79 Å². The molecular weight excluding hydrogens is 450 g/mol. The Hall–Kier alpha value is -2.48. The van der Waals surface area contributed by atoms with Gasteiger partial charge in [0.2, 0.25) is 11.8 Å². The van der Waals surface area contributed by atoms with Gasteiger partial charge in [-0.1, -0.05) is 37.8 Å². The molecule has 0 aliphatic heterocycles. The molecule has 1 aromatic rings. The van der Waals surface area contributed by atoms with Crippen molar-refractivity contribution in [1.29, 1.82) is 0 Å². The van der Waals surface area contributed by atoms with E-state index in [-0.39, 0.29) is 17.7 Å². The van der Waals surface area contributed by atoms with Gasteiger partial charge in [0.25, 0.3) is 0 Å². The number of nitrogens with one attached hydrogen (secondary N) is 2. The molecule has 1 rings (SSSR count). The number of hydrogen-bond acceptors (Lipinski definition) is 5. The first-order chi connectivity index (χ1) is 15.6. The van der Waals surface area contributed by atoms with Crippen LogP contribution in [0.1, 0.15) is 79.0 Å². The van der Waals surface area contributed by atoms with E-state index in [4.69, 9.17) is 4.74 Å². The molecule has 0 radical (unpaired) electrons. The van der Waals surface area contributed by atoms with E-state index in [0.717, 1.165) is 5.56 Å². The van der Waals surface area contributed by atoms with Crippen LogP contribution in [0.4, 0.5) is 4.79 Å². The smallest absolute Gasteiger partial charge is 0.408 e. The predicted molar refractivity (Wildman–Crippen MR) is 141 cm³/mol. The van der Waals surface area contributed by atoms with Gasteiger partial charge in [0.15, 0.2) is 0 Å². The van der Waals surface area contributed by atoms with Crippen LogP contribution in [0.5, 0.6) is 0 Å². The molecule has 2 N–H and O–H groups in total. The summed E-state index contributed by atoms with van der Waals surface area (Å²) in [5.74, 6) is -0.670. The minimum Gasteiger partial charge on any atom is -0.444 e. The molecule has 0 spiro atoms. The largest absolute Gasteiger partial charge is 0.444 e. The van der Waals surface area contributed by atoms with Crippen LogP contribution in [-0.4, -0.2) is 51.8 Å². The van der Waals surface area contributed by atoms with Gasteiger partial charge < -0.3 is 20.3 Å². The number of nitrogens with zero attached hydrogens (tertiary/aromatic N) is 1. The second kappa shape index (κ2) is 12.3. The molecule has 0 heterocycles. The first-order valence-electron chi connectivity index (χ1n) is 11.6. The third kappa shape index (κ3) is 9.05. The van der Waals surface area contributed by atoms with E-state index in [1.54, 1.807) is 31.7 Å². The highest BCUT2D eigenvalue weighted by Crippen LogP contribution is 2.28. The first-order valence-corrected chi connectivity index (χ1v) is 12.2. The fraction of sp³-hybridized carbons (Fsp3) is 0.577. The summed E-state index contributed by atoms with van der Waals surface area (Å²) in [5, 5.41) is 5.63.